The van der Waals surface area contributed by atoms with Crippen LogP contribution in [0.15, 0.2) is 48.7 Å². The molecule has 1 aromatic heterocycles. The van der Waals surface area contributed by atoms with Crippen LogP contribution < -0.4 is 15.0 Å². The van der Waals surface area contributed by atoms with Gasteiger partial charge >= 0.3 is 0 Å². The number of anilines is 2. The Morgan fingerprint density at radius 3 is 2.54 bits per heavy atom. The van der Waals surface area contributed by atoms with E-state index in [1.54, 1.807) is 6.20 Å². The summed E-state index contributed by atoms with van der Waals surface area (Å²) in [4.78, 5) is 21.2. The molecule has 1 saturated heterocycles. The number of hydrogen-bond donors (Lipinski definition) is 1. The van der Waals surface area contributed by atoms with Gasteiger partial charge in [0.25, 0.3) is 0 Å². The largest absolute Gasteiger partial charge is 0.493 e. The molecule has 2 aromatic rings. The first-order chi connectivity index (χ1) is 12.7. The Morgan fingerprint density at radius 2 is 1.88 bits per heavy atom. The summed E-state index contributed by atoms with van der Waals surface area (Å²) < 4.78 is 5.54. The monoisotopic (exact) mass is 354 g/mol. The number of nitrogens with zero attached hydrogens (tertiary/aromatic N) is 3. The summed E-state index contributed by atoms with van der Waals surface area (Å²) >= 11 is 0. The van der Waals surface area contributed by atoms with Crippen molar-refractivity contribution in [2.75, 3.05) is 49.5 Å². The molecule has 0 bridgehead atoms. The number of carbonyl (C=O) groups is 1. The van der Waals surface area contributed by atoms with Crippen LogP contribution in [-0.4, -0.2) is 55.1 Å². The summed E-state index contributed by atoms with van der Waals surface area (Å²) in [7, 11) is 0. The molecule has 0 saturated carbocycles. The first kappa shape index (κ1) is 18.2. The van der Waals surface area contributed by atoms with E-state index in [9.17, 15) is 4.79 Å². The third-order valence-corrected chi connectivity index (χ3v) is 4.52. The van der Waals surface area contributed by atoms with Crippen LogP contribution in [0, 0.1) is 0 Å². The standard InChI is InChI=1S/C20H26N4O2/c1-2-23-11-13-24(14-12-23)19-9-8-17(16-21-19)22-20(25)10-15-26-18-6-4-3-5-7-18/h3-9,16H,2,10-15H2,1H3,(H,22,25). The second kappa shape index (κ2) is 9.20. The Balaban J connectivity index is 1.43. The van der Waals surface area contributed by atoms with Crippen LogP contribution in [0.4, 0.5) is 11.5 Å². The lowest BCUT2D eigenvalue weighted by Crippen LogP contribution is -2.46. The molecule has 138 valence electrons. The van der Waals surface area contributed by atoms with Gasteiger partial charge in [0.2, 0.25) is 5.91 Å². The minimum absolute atomic E-state index is 0.0768. The molecule has 6 nitrogen and oxygen atoms in total. The van der Waals surface area contributed by atoms with Crippen molar-refractivity contribution in [3.63, 3.8) is 0 Å². The van der Waals surface area contributed by atoms with Crippen LogP contribution in [-0.2, 0) is 4.79 Å². The molecule has 26 heavy (non-hydrogen) atoms. The molecule has 0 radical (unpaired) electrons. The van der Waals surface area contributed by atoms with Gasteiger partial charge in [-0.25, -0.2) is 4.98 Å². The first-order valence-corrected chi connectivity index (χ1v) is 9.15. The Labute approximate surface area is 154 Å². The maximum atomic E-state index is 12.0. The molecule has 0 spiro atoms. The molecule has 0 unspecified atom stereocenters. The molecular formula is C20H26N4O2. The van der Waals surface area contributed by atoms with Gasteiger partial charge in [0, 0.05) is 26.2 Å². The molecule has 2 heterocycles. The van der Waals surface area contributed by atoms with E-state index in [1.165, 1.54) is 0 Å². The van der Waals surface area contributed by atoms with Gasteiger partial charge in [0.1, 0.15) is 11.6 Å². The number of hydrogen-bond acceptors (Lipinski definition) is 5. The van der Waals surface area contributed by atoms with Crippen molar-refractivity contribution >= 4 is 17.4 Å². The zero-order valence-electron chi connectivity index (χ0n) is 15.2. The third-order valence-electron chi connectivity index (χ3n) is 4.52. The second-order valence-electron chi connectivity index (χ2n) is 6.29. The fraction of sp³-hybridized carbons (Fsp3) is 0.400. The van der Waals surface area contributed by atoms with Gasteiger partial charge in [-0.1, -0.05) is 25.1 Å². The SMILES string of the molecule is CCN1CCN(c2ccc(NC(=O)CCOc3ccccc3)cn2)CC1. The van der Waals surface area contributed by atoms with E-state index in [-0.39, 0.29) is 5.91 Å². The lowest BCUT2D eigenvalue weighted by molar-refractivity contribution is -0.116. The number of ether oxygens (including phenoxy) is 1. The van der Waals surface area contributed by atoms with Crippen LogP contribution in [0.5, 0.6) is 5.75 Å². The summed E-state index contributed by atoms with van der Waals surface area (Å²) in [5.41, 5.74) is 0.714. The van der Waals surface area contributed by atoms with Crippen LogP contribution in [0.2, 0.25) is 0 Å². The summed E-state index contributed by atoms with van der Waals surface area (Å²) in [6.45, 7) is 7.75. The minimum atomic E-state index is -0.0768. The molecule has 0 atom stereocenters. The number of benzene rings is 1. The zero-order valence-corrected chi connectivity index (χ0v) is 15.2. The number of pyridine rings is 1. The molecule has 1 amide bonds. The number of likely N-dealkylation sites (N-methyl/N-ethyl adjacent to an activating group) is 1. The molecule has 1 aliphatic heterocycles. The fourth-order valence-corrected chi connectivity index (χ4v) is 2.94. The quantitative estimate of drug-likeness (QED) is 0.828. The molecular weight excluding hydrogens is 328 g/mol. The third kappa shape index (κ3) is 5.20. The highest BCUT2D eigenvalue weighted by Gasteiger charge is 2.16. The number of amides is 1. The number of rotatable bonds is 7. The number of carbonyl (C=O) groups excluding carboxylic acids is 1. The van der Waals surface area contributed by atoms with Crippen molar-refractivity contribution in [1.82, 2.24) is 9.88 Å². The Morgan fingerprint density at radius 1 is 1.12 bits per heavy atom. The molecule has 3 rings (SSSR count). The number of aromatic nitrogens is 1. The van der Waals surface area contributed by atoms with Crippen molar-refractivity contribution in [3.8, 4) is 5.75 Å². The van der Waals surface area contributed by atoms with E-state index in [0.29, 0.717) is 18.7 Å². The predicted molar refractivity (Wildman–Crippen MR) is 104 cm³/mol. The van der Waals surface area contributed by atoms with Crippen molar-refractivity contribution in [2.45, 2.75) is 13.3 Å². The smallest absolute Gasteiger partial charge is 0.227 e. The molecule has 1 N–H and O–H groups in total. The Hall–Kier alpha value is -2.60. The van der Waals surface area contributed by atoms with Crippen molar-refractivity contribution < 1.29 is 9.53 Å². The van der Waals surface area contributed by atoms with Crippen LogP contribution >= 0.6 is 0 Å². The lowest BCUT2D eigenvalue weighted by atomic mass is 10.3. The normalized spacial score (nSPS) is 14.9. The predicted octanol–water partition coefficient (Wildman–Crippen LogP) is 2.63. The summed E-state index contributed by atoms with van der Waals surface area (Å²) in [5.74, 6) is 1.66. The van der Waals surface area contributed by atoms with Crippen LogP contribution in [0.25, 0.3) is 0 Å². The average molecular weight is 354 g/mol. The van der Waals surface area contributed by atoms with Gasteiger partial charge in [-0.3, -0.25) is 4.79 Å². The maximum absolute atomic E-state index is 12.0. The topological polar surface area (TPSA) is 57.7 Å². The van der Waals surface area contributed by atoms with Gasteiger partial charge in [0.05, 0.1) is 24.9 Å². The fourth-order valence-electron chi connectivity index (χ4n) is 2.94. The second-order valence-corrected chi connectivity index (χ2v) is 6.29. The van der Waals surface area contributed by atoms with E-state index in [0.717, 1.165) is 44.3 Å². The van der Waals surface area contributed by atoms with E-state index in [4.69, 9.17) is 4.74 Å². The summed E-state index contributed by atoms with van der Waals surface area (Å²) in [5, 5.41) is 2.87. The van der Waals surface area contributed by atoms with Crippen molar-refractivity contribution in [2.24, 2.45) is 0 Å². The first-order valence-electron chi connectivity index (χ1n) is 9.15. The highest BCUT2D eigenvalue weighted by atomic mass is 16.5. The van der Waals surface area contributed by atoms with Crippen LogP contribution in [0.3, 0.4) is 0 Å². The highest BCUT2D eigenvalue weighted by molar-refractivity contribution is 5.90. The van der Waals surface area contributed by atoms with Gasteiger partial charge in [-0.05, 0) is 30.8 Å². The minimum Gasteiger partial charge on any atom is -0.493 e. The Bertz CT molecular complexity index is 683. The number of nitrogens with one attached hydrogen (secondary N) is 1. The van der Waals surface area contributed by atoms with Crippen molar-refractivity contribution in [3.05, 3.63) is 48.7 Å². The van der Waals surface area contributed by atoms with Gasteiger partial charge < -0.3 is 19.9 Å². The van der Waals surface area contributed by atoms with E-state index in [2.05, 4.69) is 27.0 Å². The highest BCUT2D eigenvalue weighted by Crippen LogP contribution is 2.16. The van der Waals surface area contributed by atoms with Crippen molar-refractivity contribution in [1.29, 1.82) is 0 Å². The zero-order chi connectivity index (χ0) is 18.2. The molecule has 1 fully saturated rings. The number of piperazine rings is 1. The van der Waals surface area contributed by atoms with Gasteiger partial charge in [-0.2, -0.15) is 0 Å². The van der Waals surface area contributed by atoms with E-state index >= 15 is 0 Å². The lowest BCUT2D eigenvalue weighted by Gasteiger charge is -2.34. The summed E-state index contributed by atoms with van der Waals surface area (Å²) in [6.07, 6.45) is 2.02. The van der Waals surface area contributed by atoms with Crippen LogP contribution in [0.1, 0.15) is 13.3 Å². The number of para-hydroxylation sites is 1. The summed E-state index contributed by atoms with van der Waals surface area (Å²) in [6, 6.07) is 13.4. The molecule has 1 aromatic carbocycles. The van der Waals surface area contributed by atoms with Gasteiger partial charge in [-0.15, -0.1) is 0 Å². The maximum Gasteiger partial charge on any atom is 0.227 e. The Kier molecular flexibility index (Phi) is 6.44. The van der Waals surface area contributed by atoms with Gasteiger partial charge in [0.15, 0.2) is 0 Å². The molecule has 6 heteroatoms. The van der Waals surface area contributed by atoms with E-state index in [1.807, 2.05) is 42.5 Å². The molecule has 1 aliphatic rings. The average Bonchev–Trinajstić information content (AvgIpc) is 2.69. The van der Waals surface area contributed by atoms with E-state index < -0.39 is 0 Å². The molecule has 0 aliphatic carbocycles.